The van der Waals surface area contributed by atoms with E-state index in [4.69, 9.17) is 21.1 Å². The van der Waals surface area contributed by atoms with Gasteiger partial charge >= 0.3 is 6.09 Å². The maximum absolute atomic E-state index is 11.1. The van der Waals surface area contributed by atoms with Crippen LogP contribution in [0.2, 0.25) is 5.02 Å². The Morgan fingerprint density at radius 2 is 1.91 bits per heavy atom. The third-order valence-corrected chi connectivity index (χ3v) is 3.45. The fourth-order valence-corrected chi connectivity index (χ4v) is 2.36. The van der Waals surface area contributed by atoms with Crippen molar-refractivity contribution in [2.24, 2.45) is 0 Å². The van der Waals surface area contributed by atoms with Crippen LogP contribution in [0.4, 0.5) is 4.79 Å². The summed E-state index contributed by atoms with van der Waals surface area (Å²) in [5.74, 6) is 0.606. The summed E-state index contributed by atoms with van der Waals surface area (Å²) >= 11 is 6.25. The Morgan fingerprint density at radius 1 is 1.13 bits per heavy atom. The number of carbonyl (C=O) groups excluding carboxylic acids is 1. The lowest BCUT2D eigenvalue weighted by Crippen LogP contribution is -2.28. The number of amides is 1. The van der Waals surface area contributed by atoms with Crippen LogP contribution in [0.1, 0.15) is 18.1 Å². The van der Waals surface area contributed by atoms with Crippen LogP contribution in [0.5, 0.6) is 5.75 Å². The zero-order valence-corrected chi connectivity index (χ0v) is 13.8. The average molecular weight is 334 g/mol. The summed E-state index contributed by atoms with van der Waals surface area (Å²) in [7, 11) is 0. The fourth-order valence-electron chi connectivity index (χ4n) is 2.10. The Kier molecular flexibility index (Phi) is 6.76. The molecule has 0 saturated heterocycles. The van der Waals surface area contributed by atoms with E-state index >= 15 is 0 Å². The van der Waals surface area contributed by atoms with E-state index in [0.29, 0.717) is 30.5 Å². The number of alkyl carbamates (subject to hydrolysis) is 1. The predicted octanol–water partition coefficient (Wildman–Crippen LogP) is 4.06. The molecule has 2 aromatic rings. The fraction of sp³-hybridized carbons (Fsp3) is 0.278. The Balaban J connectivity index is 1.83. The van der Waals surface area contributed by atoms with Gasteiger partial charge in [-0.25, -0.2) is 4.79 Å². The van der Waals surface area contributed by atoms with Crippen molar-refractivity contribution < 1.29 is 14.3 Å². The molecular formula is C18H20ClNO3. The summed E-state index contributed by atoms with van der Waals surface area (Å²) in [6.45, 7) is 2.80. The molecule has 0 radical (unpaired) electrons. The minimum atomic E-state index is -0.444. The van der Waals surface area contributed by atoms with E-state index in [2.05, 4.69) is 17.4 Å². The lowest BCUT2D eigenvalue weighted by atomic mass is 10.1. The number of benzene rings is 2. The highest BCUT2D eigenvalue weighted by Crippen LogP contribution is 2.26. The van der Waals surface area contributed by atoms with E-state index in [9.17, 15) is 4.79 Å². The van der Waals surface area contributed by atoms with Gasteiger partial charge in [-0.3, -0.25) is 0 Å². The summed E-state index contributed by atoms with van der Waals surface area (Å²) in [5.41, 5.74) is 2.36. The molecule has 4 nitrogen and oxygen atoms in total. The number of rotatable bonds is 7. The standard InChI is InChI=1S/C18H20ClNO3/c1-2-22-18(21)20-10-11-23-17-9-8-15(13-16(17)19)12-14-6-4-3-5-7-14/h3-9,13H,2,10-12H2,1H3,(H,20,21). The first kappa shape index (κ1) is 17.2. The number of hydrogen-bond donors (Lipinski definition) is 1. The van der Waals surface area contributed by atoms with Gasteiger partial charge in [-0.15, -0.1) is 0 Å². The van der Waals surface area contributed by atoms with Crippen LogP contribution in [0.15, 0.2) is 48.5 Å². The molecule has 0 aliphatic carbocycles. The second-order valence-electron chi connectivity index (χ2n) is 4.92. The first-order valence-electron chi connectivity index (χ1n) is 7.55. The number of carbonyl (C=O) groups is 1. The molecule has 2 aromatic carbocycles. The maximum Gasteiger partial charge on any atom is 0.407 e. The molecule has 1 N–H and O–H groups in total. The summed E-state index contributed by atoms with van der Waals surface area (Å²) in [4.78, 5) is 11.1. The highest BCUT2D eigenvalue weighted by molar-refractivity contribution is 6.32. The molecule has 0 heterocycles. The van der Waals surface area contributed by atoms with Gasteiger partial charge in [0.2, 0.25) is 0 Å². The molecule has 0 atom stereocenters. The second kappa shape index (κ2) is 9.06. The molecule has 0 aliphatic heterocycles. The molecule has 2 rings (SSSR count). The first-order valence-corrected chi connectivity index (χ1v) is 7.92. The summed E-state index contributed by atoms with van der Waals surface area (Å²) in [6, 6.07) is 16.0. The lowest BCUT2D eigenvalue weighted by Gasteiger charge is -2.10. The van der Waals surface area contributed by atoms with E-state index in [1.165, 1.54) is 5.56 Å². The van der Waals surface area contributed by atoms with E-state index in [1.54, 1.807) is 6.92 Å². The van der Waals surface area contributed by atoms with Gasteiger partial charge in [-0.05, 0) is 36.6 Å². The molecule has 0 unspecified atom stereocenters. The van der Waals surface area contributed by atoms with E-state index < -0.39 is 6.09 Å². The average Bonchev–Trinajstić information content (AvgIpc) is 2.54. The van der Waals surface area contributed by atoms with Gasteiger partial charge in [0, 0.05) is 0 Å². The van der Waals surface area contributed by atoms with Crippen LogP contribution in [-0.4, -0.2) is 25.9 Å². The minimum Gasteiger partial charge on any atom is -0.490 e. The van der Waals surface area contributed by atoms with Gasteiger partial charge in [0.1, 0.15) is 12.4 Å². The lowest BCUT2D eigenvalue weighted by molar-refractivity contribution is 0.150. The number of nitrogens with one attached hydrogen (secondary N) is 1. The van der Waals surface area contributed by atoms with Crippen LogP contribution < -0.4 is 10.1 Å². The monoisotopic (exact) mass is 333 g/mol. The predicted molar refractivity (Wildman–Crippen MR) is 91.2 cm³/mol. The normalized spacial score (nSPS) is 10.2. The molecule has 0 fully saturated rings. The van der Waals surface area contributed by atoms with Gasteiger partial charge in [-0.2, -0.15) is 0 Å². The van der Waals surface area contributed by atoms with Gasteiger partial charge in [0.05, 0.1) is 18.2 Å². The van der Waals surface area contributed by atoms with Crippen molar-refractivity contribution in [3.63, 3.8) is 0 Å². The summed E-state index contributed by atoms with van der Waals surface area (Å²) in [6.07, 6.45) is 0.381. The van der Waals surface area contributed by atoms with Crippen LogP contribution in [0.3, 0.4) is 0 Å². The Hall–Kier alpha value is -2.20. The number of hydrogen-bond acceptors (Lipinski definition) is 3. The number of ether oxygens (including phenoxy) is 2. The maximum atomic E-state index is 11.1. The zero-order valence-electron chi connectivity index (χ0n) is 13.0. The molecule has 122 valence electrons. The van der Waals surface area contributed by atoms with Gasteiger partial charge < -0.3 is 14.8 Å². The summed E-state index contributed by atoms with van der Waals surface area (Å²) < 4.78 is 10.3. The SMILES string of the molecule is CCOC(=O)NCCOc1ccc(Cc2ccccc2)cc1Cl. The number of halogens is 1. The molecule has 5 heteroatoms. The van der Waals surface area contributed by atoms with Crippen LogP contribution in [-0.2, 0) is 11.2 Å². The Labute approximate surface area is 141 Å². The molecular weight excluding hydrogens is 314 g/mol. The smallest absolute Gasteiger partial charge is 0.407 e. The van der Waals surface area contributed by atoms with E-state index in [0.717, 1.165) is 12.0 Å². The van der Waals surface area contributed by atoms with Crippen molar-refractivity contribution in [3.8, 4) is 5.75 Å². The van der Waals surface area contributed by atoms with Gasteiger partial charge in [-0.1, -0.05) is 48.0 Å². The third kappa shape index (κ3) is 5.83. The molecule has 23 heavy (non-hydrogen) atoms. The second-order valence-corrected chi connectivity index (χ2v) is 5.33. The van der Waals surface area contributed by atoms with Crippen molar-refractivity contribution in [1.82, 2.24) is 5.32 Å². The minimum absolute atomic E-state index is 0.330. The van der Waals surface area contributed by atoms with Crippen molar-refractivity contribution in [1.29, 1.82) is 0 Å². The van der Waals surface area contributed by atoms with Crippen molar-refractivity contribution in [2.45, 2.75) is 13.3 Å². The molecule has 0 bridgehead atoms. The van der Waals surface area contributed by atoms with Crippen LogP contribution >= 0.6 is 11.6 Å². The molecule has 0 saturated carbocycles. The third-order valence-electron chi connectivity index (χ3n) is 3.15. The van der Waals surface area contributed by atoms with Gasteiger partial charge in [0.25, 0.3) is 0 Å². The Bertz CT molecular complexity index is 631. The largest absolute Gasteiger partial charge is 0.490 e. The molecule has 1 amide bonds. The Morgan fingerprint density at radius 3 is 2.61 bits per heavy atom. The molecule has 0 spiro atoms. The molecule has 0 aliphatic rings. The van der Waals surface area contributed by atoms with Crippen molar-refractivity contribution in [2.75, 3.05) is 19.8 Å². The van der Waals surface area contributed by atoms with Crippen molar-refractivity contribution >= 4 is 17.7 Å². The van der Waals surface area contributed by atoms with E-state index in [1.807, 2.05) is 36.4 Å². The van der Waals surface area contributed by atoms with Crippen molar-refractivity contribution in [3.05, 3.63) is 64.7 Å². The first-order chi connectivity index (χ1) is 11.2. The molecule has 0 aromatic heterocycles. The van der Waals surface area contributed by atoms with Crippen LogP contribution in [0, 0.1) is 0 Å². The van der Waals surface area contributed by atoms with E-state index in [-0.39, 0.29) is 0 Å². The quantitative estimate of drug-likeness (QED) is 0.777. The topological polar surface area (TPSA) is 47.6 Å². The van der Waals surface area contributed by atoms with Crippen LogP contribution in [0.25, 0.3) is 0 Å². The highest BCUT2D eigenvalue weighted by atomic mass is 35.5. The highest BCUT2D eigenvalue weighted by Gasteiger charge is 2.05. The zero-order chi connectivity index (χ0) is 16.5. The van der Waals surface area contributed by atoms with Gasteiger partial charge in [0.15, 0.2) is 0 Å². The summed E-state index contributed by atoms with van der Waals surface area (Å²) in [5, 5.41) is 3.15.